The molecule has 146 valence electrons. The molecule has 1 aliphatic rings. The van der Waals surface area contributed by atoms with E-state index in [1.54, 1.807) is 12.1 Å². The van der Waals surface area contributed by atoms with Crippen LogP contribution in [0.25, 0.3) is 10.8 Å². The number of nitro groups is 1. The van der Waals surface area contributed by atoms with E-state index in [9.17, 15) is 14.9 Å². The highest BCUT2D eigenvalue weighted by Crippen LogP contribution is 2.29. The van der Waals surface area contributed by atoms with E-state index in [0.29, 0.717) is 12.0 Å². The van der Waals surface area contributed by atoms with Crippen molar-refractivity contribution in [2.45, 2.75) is 18.5 Å². The molecule has 1 saturated heterocycles. The first-order chi connectivity index (χ1) is 14.1. The zero-order valence-electron chi connectivity index (χ0n) is 15.4. The number of rotatable bonds is 5. The van der Waals surface area contributed by atoms with Gasteiger partial charge in [0.2, 0.25) is 0 Å². The van der Waals surface area contributed by atoms with Crippen LogP contribution in [0.15, 0.2) is 71.8 Å². The number of nitro benzene ring substituents is 1. The first-order valence-corrected chi connectivity index (χ1v) is 9.18. The predicted octanol–water partition coefficient (Wildman–Crippen LogP) is 2.81. The summed E-state index contributed by atoms with van der Waals surface area (Å²) in [6.07, 6.45) is 2.04. The molecule has 29 heavy (non-hydrogen) atoms. The summed E-state index contributed by atoms with van der Waals surface area (Å²) in [6, 6.07) is 19.8. The largest absolute Gasteiger partial charge is 0.271 e. The molecule has 3 N–H and O–H groups in total. The van der Waals surface area contributed by atoms with Gasteiger partial charge in [-0.3, -0.25) is 14.9 Å². The number of carbonyl (C=O) groups excluding carboxylic acids is 1. The van der Waals surface area contributed by atoms with E-state index in [2.05, 4.69) is 45.6 Å². The van der Waals surface area contributed by atoms with Crippen molar-refractivity contribution in [3.8, 4) is 0 Å². The molecule has 0 spiro atoms. The Balaban J connectivity index is 1.37. The minimum absolute atomic E-state index is 0.00638. The van der Waals surface area contributed by atoms with Crippen LogP contribution >= 0.6 is 0 Å². The van der Waals surface area contributed by atoms with Crippen LogP contribution in [-0.2, 0) is 4.79 Å². The molecule has 3 aromatic carbocycles. The SMILES string of the molecule is O=C(N/N=C/c1ccc([N+](=O)[O-])cc1)C1CC(c2cccc3ccccc23)NN1. The van der Waals surface area contributed by atoms with Crippen molar-refractivity contribution >= 4 is 28.6 Å². The molecular formula is C21H19N5O3. The Morgan fingerprint density at radius 3 is 2.62 bits per heavy atom. The van der Waals surface area contributed by atoms with Gasteiger partial charge in [0.1, 0.15) is 6.04 Å². The van der Waals surface area contributed by atoms with Crippen LogP contribution in [0, 0.1) is 10.1 Å². The maximum atomic E-state index is 12.4. The zero-order chi connectivity index (χ0) is 20.2. The monoisotopic (exact) mass is 389 g/mol. The van der Waals surface area contributed by atoms with Crippen LogP contribution in [0.4, 0.5) is 5.69 Å². The maximum absolute atomic E-state index is 12.4. The van der Waals surface area contributed by atoms with Crippen molar-refractivity contribution in [2.75, 3.05) is 0 Å². The third kappa shape index (κ3) is 4.13. The Bertz CT molecular complexity index is 1080. The summed E-state index contributed by atoms with van der Waals surface area (Å²) < 4.78 is 0. The maximum Gasteiger partial charge on any atom is 0.269 e. The Morgan fingerprint density at radius 1 is 1.07 bits per heavy atom. The number of fused-ring (bicyclic) bond motifs is 1. The van der Waals surface area contributed by atoms with Gasteiger partial charge in [-0.2, -0.15) is 5.10 Å². The predicted molar refractivity (Wildman–Crippen MR) is 110 cm³/mol. The fourth-order valence-corrected chi connectivity index (χ4v) is 3.42. The Labute approximate surface area is 166 Å². The molecule has 2 unspecified atom stereocenters. The van der Waals surface area contributed by atoms with Crippen LogP contribution in [0.1, 0.15) is 23.6 Å². The van der Waals surface area contributed by atoms with E-state index < -0.39 is 11.0 Å². The van der Waals surface area contributed by atoms with Crippen LogP contribution < -0.4 is 16.3 Å². The molecule has 1 fully saturated rings. The number of nitrogens with one attached hydrogen (secondary N) is 3. The van der Waals surface area contributed by atoms with Gasteiger partial charge in [-0.15, -0.1) is 0 Å². The van der Waals surface area contributed by atoms with E-state index in [4.69, 9.17) is 0 Å². The summed E-state index contributed by atoms with van der Waals surface area (Å²) in [4.78, 5) is 22.6. The van der Waals surface area contributed by atoms with Gasteiger partial charge < -0.3 is 0 Å². The average molecular weight is 389 g/mol. The number of hydrogen-bond donors (Lipinski definition) is 3. The number of benzene rings is 3. The molecule has 0 radical (unpaired) electrons. The minimum Gasteiger partial charge on any atom is -0.271 e. The molecule has 8 nitrogen and oxygen atoms in total. The summed E-state index contributed by atoms with van der Waals surface area (Å²) >= 11 is 0. The highest BCUT2D eigenvalue weighted by atomic mass is 16.6. The second kappa shape index (κ2) is 8.17. The lowest BCUT2D eigenvalue weighted by atomic mass is 9.96. The molecule has 0 bridgehead atoms. The van der Waals surface area contributed by atoms with Crippen molar-refractivity contribution in [3.05, 3.63) is 88.0 Å². The number of hydrazone groups is 1. The molecule has 3 aromatic rings. The zero-order valence-corrected chi connectivity index (χ0v) is 15.4. The molecule has 0 aliphatic carbocycles. The Hall–Kier alpha value is -3.62. The third-order valence-electron chi connectivity index (χ3n) is 4.91. The minimum atomic E-state index is -0.464. The first-order valence-electron chi connectivity index (χ1n) is 9.18. The average Bonchev–Trinajstić information content (AvgIpc) is 3.24. The van der Waals surface area contributed by atoms with E-state index in [-0.39, 0.29) is 17.6 Å². The standard InChI is InChI=1S/C21H19N5O3/c27-21(25-22-13-14-8-10-16(11-9-14)26(28)29)20-12-19(23-24-20)18-7-3-5-15-4-1-2-6-17(15)18/h1-11,13,19-20,23-24H,12H2,(H,25,27)/b22-13+. The highest BCUT2D eigenvalue weighted by Gasteiger charge is 2.30. The normalized spacial score (nSPS) is 18.9. The van der Waals surface area contributed by atoms with Gasteiger partial charge in [0.05, 0.1) is 11.1 Å². The number of carbonyl (C=O) groups is 1. The first kappa shape index (κ1) is 18.7. The van der Waals surface area contributed by atoms with Gasteiger partial charge in [-0.05, 0) is 40.5 Å². The molecule has 8 heteroatoms. The molecule has 0 saturated carbocycles. The number of non-ortho nitro benzene ring substituents is 1. The van der Waals surface area contributed by atoms with Gasteiger partial charge in [0.25, 0.3) is 11.6 Å². The van der Waals surface area contributed by atoms with Crippen molar-refractivity contribution in [3.63, 3.8) is 0 Å². The van der Waals surface area contributed by atoms with Gasteiger partial charge in [0.15, 0.2) is 0 Å². The number of hydrazine groups is 1. The summed E-state index contributed by atoms with van der Waals surface area (Å²) in [6.45, 7) is 0. The Morgan fingerprint density at radius 2 is 1.83 bits per heavy atom. The molecule has 1 amide bonds. The van der Waals surface area contributed by atoms with Gasteiger partial charge in [-0.25, -0.2) is 16.3 Å². The van der Waals surface area contributed by atoms with Gasteiger partial charge in [0, 0.05) is 18.2 Å². The summed E-state index contributed by atoms with van der Waals surface area (Å²) in [7, 11) is 0. The fourth-order valence-electron chi connectivity index (χ4n) is 3.42. The van der Waals surface area contributed by atoms with Crippen LogP contribution in [0.2, 0.25) is 0 Å². The fraction of sp³-hybridized carbons (Fsp3) is 0.143. The van der Waals surface area contributed by atoms with Crippen LogP contribution in [-0.4, -0.2) is 23.1 Å². The molecule has 0 aromatic heterocycles. The lowest BCUT2D eigenvalue weighted by Crippen LogP contribution is -2.41. The molecule has 1 aliphatic heterocycles. The molecule has 2 atom stereocenters. The number of hydrogen-bond acceptors (Lipinski definition) is 6. The molecular weight excluding hydrogens is 370 g/mol. The van der Waals surface area contributed by atoms with E-state index >= 15 is 0 Å². The third-order valence-corrected chi connectivity index (χ3v) is 4.91. The van der Waals surface area contributed by atoms with Crippen LogP contribution in [0.3, 0.4) is 0 Å². The van der Waals surface area contributed by atoms with Crippen molar-refractivity contribution < 1.29 is 9.72 Å². The Kier molecular flexibility index (Phi) is 5.28. The van der Waals surface area contributed by atoms with Crippen LogP contribution in [0.5, 0.6) is 0 Å². The quantitative estimate of drug-likeness (QED) is 0.353. The number of nitrogens with zero attached hydrogens (tertiary/aromatic N) is 2. The smallest absolute Gasteiger partial charge is 0.269 e. The molecule has 4 rings (SSSR count). The van der Waals surface area contributed by atoms with Crippen molar-refractivity contribution in [1.29, 1.82) is 0 Å². The summed E-state index contributed by atoms with van der Waals surface area (Å²) in [5.74, 6) is -0.251. The van der Waals surface area contributed by atoms with Gasteiger partial charge in [-0.1, -0.05) is 42.5 Å². The topological polar surface area (TPSA) is 109 Å². The highest BCUT2D eigenvalue weighted by molar-refractivity contribution is 5.87. The lowest BCUT2D eigenvalue weighted by Gasteiger charge is -2.13. The second-order valence-electron chi connectivity index (χ2n) is 6.78. The second-order valence-corrected chi connectivity index (χ2v) is 6.78. The lowest BCUT2D eigenvalue weighted by molar-refractivity contribution is -0.384. The van der Waals surface area contributed by atoms with E-state index in [0.717, 1.165) is 16.3 Å². The molecule has 1 heterocycles. The summed E-state index contributed by atoms with van der Waals surface area (Å²) in [5, 5.41) is 16.9. The summed E-state index contributed by atoms with van der Waals surface area (Å²) in [5.41, 5.74) is 10.5. The van der Waals surface area contributed by atoms with E-state index in [1.807, 2.05) is 18.2 Å². The van der Waals surface area contributed by atoms with E-state index in [1.165, 1.54) is 18.3 Å². The van der Waals surface area contributed by atoms with Crippen molar-refractivity contribution in [1.82, 2.24) is 16.3 Å². The van der Waals surface area contributed by atoms with Gasteiger partial charge >= 0.3 is 0 Å². The number of amides is 1. The van der Waals surface area contributed by atoms with Crippen molar-refractivity contribution in [2.24, 2.45) is 5.10 Å².